The number of aliphatic hydroxyl groups excluding tert-OH is 1. The van der Waals surface area contributed by atoms with Crippen LogP contribution in [0.2, 0.25) is 0 Å². The molecular weight excluding hydrogens is 580 g/mol. The summed E-state index contributed by atoms with van der Waals surface area (Å²) in [5, 5.41) is 12.0. The molecule has 3 heterocycles. The van der Waals surface area contributed by atoms with Gasteiger partial charge in [0, 0.05) is 12.0 Å². The molecule has 0 saturated carbocycles. The number of carbonyl (C=O) groups is 2. The first-order chi connectivity index (χ1) is 21.3. The maximum atomic E-state index is 13.8. The second kappa shape index (κ2) is 12.2. The largest absolute Gasteiger partial charge is 0.507 e. The van der Waals surface area contributed by atoms with E-state index in [1.165, 1.54) is 16.2 Å². The number of fused-ring (bicyclic) bond motifs is 2. The van der Waals surface area contributed by atoms with Crippen LogP contribution in [0.1, 0.15) is 56.3 Å². The van der Waals surface area contributed by atoms with Crippen LogP contribution in [0.15, 0.2) is 60.2 Å². The van der Waals surface area contributed by atoms with Crippen LogP contribution in [0, 0.1) is 0 Å². The molecule has 0 spiro atoms. The number of nitrogens with zero attached hydrogens (tertiary/aromatic N) is 2. The zero-order valence-corrected chi connectivity index (χ0v) is 25.9. The van der Waals surface area contributed by atoms with E-state index in [9.17, 15) is 14.7 Å². The number of ether oxygens (including phenoxy) is 4. The average Bonchev–Trinajstić information content (AvgIpc) is 3.69. The van der Waals surface area contributed by atoms with Gasteiger partial charge in [0.2, 0.25) is 0 Å². The third kappa shape index (κ3) is 5.34. The highest BCUT2D eigenvalue weighted by Gasteiger charge is 2.48. The first-order valence-electron chi connectivity index (χ1n) is 14.8. The first-order valence-corrected chi connectivity index (χ1v) is 15.6. The van der Waals surface area contributed by atoms with Crippen molar-refractivity contribution in [1.82, 2.24) is 4.98 Å². The third-order valence-electron chi connectivity index (χ3n) is 7.74. The van der Waals surface area contributed by atoms with Gasteiger partial charge in [0.15, 0.2) is 16.6 Å². The van der Waals surface area contributed by atoms with Gasteiger partial charge in [-0.15, -0.1) is 0 Å². The second-order valence-corrected chi connectivity index (χ2v) is 11.8. The number of aliphatic hydroxyl groups is 1. The standard InChI is InChI=1S/C34H34N2O7S/c1-5-7-14-42-26-13-8-20(17-27(26)40-4)30-29(31(37)21-9-12-25-22(16-21)15-19(3)43-25)32(38)33(39)36(30)34-35-24-11-10-23(41-6-2)18-28(24)44-34/h8-13,16-19,30,37H,5-7,14-15H2,1-4H3. The van der Waals surface area contributed by atoms with Crippen LogP contribution >= 0.6 is 11.3 Å². The average molecular weight is 615 g/mol. The minimum atomic E-state index is -0.969. The highest BCUT2D eigenvalue weighted by Crippen LogP contribution is 2.46. The van der Waals surface area contributed by atoms with Crippen molar-refractivity contribution in [3.8, 4) is 23.0 Å². The first kappa shape index (κ1) is 29.5. The van der Waals surface area contributed by atoms with Gasteiger partial charge < -0.3 is 24.1 Å². The van der Waals surface area contributed by atoms with E-state index in [4.69, 9.17) is 23.9 Å². The SMILES string of the molecule is CCCCOc1ccc(C2C(=C(O)c3ccc4c(c3)CC(C)O4)C(=O)C(=O)N2c2nc3ccc(OCC)cc3s2)cc1OC. The number of rotatable bonds is 10. The van der Waals surface area contributed by atoms with Crippen molar-refractivity contribution in [2.24, 2.45) is 0 Å². The van der Waals surface area contributed by atoms with Crippen molar-refractivity contribution >= 4 is 44.1 Å². The lowest BCUT2D eigenvalue weighted by atomic mass is 9.94. The Bertz CT molecular complexity index is 1780. The summed E-state index contributed by atoms with van der Waals surface area (Å²) < 4.78 is 23.9. The number of carbonyl (C=O) groups excluding carboxylic acids is 2. The third-order valence-corrected chi connectivity index (χ3v) is 8.76. The number of benzene rings is 3. The number of ketones is 1. The maximum absolute atomic E-state index is 13.8. The van der Waals surface area contributed by atoms with E-state index in [-0.39, 0.29) is 17.4 Å². The molecule has 10 heteroatoms. The van der Waals surface area contributed by atoms with Gasteiger partial charge in [0.25, 0.3) is 5.78 Å². The number of anilines is 1. The molecule has 3 aromatic carbocycles. The number of methoxy groups -OCH3 is 1. The number of unbranched alkanes of at least 4 members (excludes halogenated alkanes) is 1. The Morgan fingerprint density at radius 1 is 1.07 bits per heavy atom. The lowest BCUT2D eigenvalue weighted by Gasteiger charge is -2.24. The Morgan fingerprint density at radius 2 is 1.91 bits per heavy atom. The highest BCUT2D eigenvalue weighted by atomic mass is 32.1. The van der Waals surface area contributed by atoms with Crippen LogP contribution in [0.5, 0.6) is 23.0 Å². The summed E-state index contributed by atoms with van der Waals surface area (Å²) in [7, 11) is 1.54. The monoisotopic (exact) mass is 614 g/mol. The van der Waals surface area contributed by atoms with Crippen molar-refractivity contribution in [3.63, 3.8) is 0 Å². The molecule has 228 valence electrons. The van der Waals surface area contributed by atoms with Crippen LogP contribution in [0.25, 0.3) is 16.0 Å². The van der Waals surface area contributed by atoms with Gasteiger partial charge in [-0.1, -0.05) is 30.7 Å². The number of hydrogen-bond acceptors (Lipinski definition) is 9. The summed E-state index contributed by atoms with van der Waals surface area (Å²) in [6.07, 6.45) is 2.57. The van der Waals surface area contributed by atoms with Crippen molar-refractivity contribution in [1.29, 1.82) is 0 Å². The van der Waals surface area contributed by atoms with E-state index in [0.717, 1.165) is 28.9 Å². The van der Waals surface area contributed by atoms with Crippen molar-refractivity contribution in [2.75, 3.05) is 25.2 Å². The molecule has 1 aromatic heterocycles. The van der Waals surface area contributed by atoms with Crippen LogP contribution in [-0.2, 0) is 16.0 Å². The van der Waals surface area contributed by atoms with E-state index in [0.29, 0.717) is 58.7 Å². The van der Waals surface area contributed by atoms with Crippen molar-refractivity contribution < 1.29 is 33.6 Å². The lowest BCUT2D eigenvalue weighted by Crippen LogP contribution is -2.29. The van der Waals surface area contributed by atoms with Crippen LogP contribution in [-0.4, -0.2) is 48.2 Å². The van der Waals surface area contributed by atoms with Crippen LogP contribution in [0.4, 0.5) is 5.13 Å². The molecule has 0 radical (unpaired) electrons. The molecule has 44 heavy (non-hydrogen) atoms. The quantitative estimate of drug-likeness (QED) is 0.0896. The van der Waals surface area contributed by atoms with Gasteiger partial charge in [-0.05, 0) is 79.9 Å². The van der Waals surface area contributed by atoms with Crippen LogP contribution < -0.4 is 23.8 Å². The fourth-order valence-corrected chi connectivity index (χ4v) is 6.64. The summed E-state index contributed by atoms with van der Waals surface area (Å²) in [5.41, 5.74) is 2.57. The summed E-state index contributed by atoms with van der Waals surface area (Å²) >= 11 is 1.28. The molecule has 0 aliphatic carbocycles. The number of hydrogen-bond donors (Lipinski definition) is 1. The molecule has 6 rings (SSSR count). The topological polar surface area (TPSA) is 107 Å². The molecule has 2 aliphatic rings. The molecule has 1 saturated heterocycles. The normalized spacial score (nSPS) is 18.9. The van der Waals surface area contributed by atoms with Crippen molar-refractivity contribution in [2.45, 2.75) is 52.2 Å². The summed E-state index contributed by atoms with van der Waals surface area (Å²) in [5.74, 6) is 0.606. The molecule has 0 bridgehead atoms. The molecule has 1 fully saturated rings. The predicted octanol–water partition coefficient (Wildman–Crippen LogP) is 6.83. The van der Waals surface area contributed by atoms with E-state index >= 15 is 0 Å². The molecule has 2 atom stereocenters. The Kier molecular flexibility index (Phi) is 8.18. The Morgan fingerprint density at radius 3 is 2.68 bits per heavy atom. The molecule has 2 aliphatic heterocycles. The molecule has 2 unspecified atom stereocenters. The van der Waals surface area contributed by atoms with Gasteiger partial charge in [-0.2, -0.15) is 0 Å². The van der Waals surface area contributed by atoms with Gasteiger partial charge in [0.1, 0.15) is 23.4 Å². The Labute approximate surface area is 259 Å². The zero-order chi connectivity index (χ0) is 31.0. The smallest absolute Gasteiger partial charge is 0.301 e. The Balaban J connectivity index is 1.50. The maximum Gasteiger partial charge on any atom is 0.301 e. The minimum absolute atomic E-state index is 0.0146. The molecule has 1 N–H and O–H groups in total. The number of thiazole rings is 1. The van der Waals surface area contributed by atoms with Gasteiger partial charge >= 0.3 is 5.91 Å². The fourth-order valence-electron chi connectivity index (χ4n) is 5.62. The minimum Gasteiger partial charge on any atom is -0.507 e. The van der Waals surface area contributed by atoms with Gasteiger partial charge in [0.05, 0.1) is 42.2 Å². The predicted molar refractivity (Wildman–Crippen MR) is 169 cm³/mol. The van der Waals surface area contributed by atoms with E-state index in [1.54, 1.807) is 37.4 Å². The van der Waals surface area contributed by atoms with Gasteiger partial charge in [-0.25, -0.2) is 4.98 Å². The summed E-state index contributed by atoms with van der Waals surface area (Å²) in [6, 6.07) is 15.2. The van der Waals surface area contributed by atoms with E-state index in [2.05, 4.69) is 6.92 Å². The van der Waals surface area contributed by atoms with E-state index in [1.807, 2.05) is 38.1 Å². The molecule has 4 aromatic rings. The van der Waals surface area contributed by atoms with Crippen LogP contribution in [0.3, 0.4) is 0 Å². The zero-order valence-electron chi connectivity index (χ0n) is 25.1. The number of aromatic nitrogens is 1. The molecule has 1 amide bonds. The summed E-state index contributed by atoms with van der Waals surface area (Å²) in [6.45, 7) is 7.01. The molecular formula is C34H34N2O7S. The van der Waals surface area contributed by atoms with E-state index < -0.39 is 17.7 Å². The lowest BCUT2D eigenvalue weighted by molar-refractivity contribution is -0.132. The molecule has 9 nitrogen and oxygen atoms in total. The fraction of sp³-hybridized carbons (Fsp3) is 0.324. The number of amides is 1. The van der Waals surface area contributed by atoms with Crippen molar-refractivity contribution in [3.05, 3.63) is 76.9 Å². The Hall–Kier alpha value is -4.57. The summed E-state index contributed by atoms with van der Waals surface area (Å²) in [4.78, 5) is 33.7. The second-order valence-electron chi connectivity index (χ2n) is 10.8. The highest BCUT2D eigenvalue weighted by molar-refractivity contribution is 7.22. The van der Waals surface area contributed by atoms with Gasteiger partial charge in [-0.3, -0.25) is 14.5 Å². The number of Topliss-reactive ketones (excluding diaryl/α,β-unsaturated/α-hetero) is 1.